The molecule has 0 bridgehead atoms. The number of anilines is 2. The standard InChI is InChI=1S/C22H24ClN3OS/c1-2-3-4-16-7-11-19(12-8-16)24-15-21(27)26-22-25-14-20(28-22)13-17-5-9-18(23)10-6-17/h5-12,14,24H,2-4,13,15H2,1H3,(H,25,26,27). The van der Waals surface area contributed by atoms with E-state index in [0.29, 0.717) is 5.13 Å². The normalized spacial score (nSPS) is 10.6. The molecule has 146 valence electrons. The third kappa shape index (κ3) is 6.36. The third-order valence-corrected chi connectivity index (χ3v) is 5.48. The number of hydrogen-bond acceptors (Lipinski definition) is 4. The predicted molar refractivity (Wildman–Crippen MR) is 119 cm³/mol. The Morgan fingerprint density at radius 1 is 1.07 bits per heavy atom. The molecule has 0 radical (unpaired) electrons. The molecule has 0 fully saturated rings. The SMILES string of the molecule is CCCCc1ccc(NCC(=O)Nc2ncc(Cc3ccc(Cl)cc3)s2)cc1. The molecule has 1 amide bonds. The van der Waals surface area contributed by atoms with E-state index in [1.165, 1.54) is 29.7 Å². The summed E-state index contributed by atoms with van der Waals surface area (Å²) in [5.41, 5.74) is 3.43. The number of carbonyl (C=O) groups excluding carboxylic acids is 1. The van der Waals surface area contributed by atoms with Crippen LogP contribution in [0.5, 0.6) is 0 Å². The van der Waals surface area contributed by atoms with E-state index < -0.39 is 0 Å². The van der Waals surface area contributed by atoms with E-state index in [1.54, 1.807) is 6.20 Å². The Kier molecular flexibility index (Phi) is 7.46. The van der Waals surface area contributed by atoms with Crippen molar-refractivity contribution in [1.82, 2.24) is 4.98 Å². The van der Waals surface area contributed by atoms with Crippen LogP contribution in [0.15, 0.2) is 54.7 Å². The molecule has 0 saturated carbocycles. The van der Waals surface area contributed by atoms with Gasteiger partial charge in [-0.2, -0.15) is 0 Å². The highest BCUT2D eigenvalue weighted by molar-refractivity contribution is 7.15. The second-order valence-electron chi connectivity index (χ2n) is 6.64. The van der Waals surface area contributed by atoms with Crippen LogP contribution in [0.1, 0.15) is 35.8 Å². The third-order valence-electron chi connectivity index (χ3n) is 4.32. The molecule has 0 unspecified atom stereocenters. The Balaban J connectivity index is 1.46. The number of unbranched alkanes of at least 4 members (excludes halogenated alkanes) is 1. The average Bonchev–Trinajstić information content (AvgIpc) is 3.14. The number of halogens is 1. The van der Waals surface area contributed by atoms with Crippen LogP contribution in [0.4, 0.5) is 10.8 Å². The number of amides is 1. The summed E-state index contributed by atoms with van der Waals surface area (Å²) < 4.78 is 0. The minimum atomic E-state index is -0.109. The van der Waals surface area contributed by atoms with E-state index in [9.17, 15) is 4.79 Å². The van der Waals surface area contributed by atoms with Crippen LogP contribution in [0, 0.1) is 0 Å². The maximum atomic E-state index is 12.2. The molecular weight excluding hydrogens is 390 g/mol. The molecule has 0 atom stereocenters. The van der Waals surface area contributed by atoms with Crippen molar-refractivity contribution >= 4 is 39.7 Å². The second-order valence-corrected chi connectivity index (χ2v) is 8.19. The van der Waals surface area contributed by atoms with Gasteiger partial charge in [0.2, 0.25) is 5.91 Å². The number of nitrogens with one attached hydrogen (secondary N) is 2. The monoisotopic (exact) mass is 413 g/mol. The quantitative estimate of drug-likeness (QED) is 0.467. The largest absolute Gasteiger partial charge is 0.376 e. The van der Waals surface area contributed by atoms with Gasteiger partial charge in [0.15, 0.2) is 5.13 Å². The van der Waals surface area contributed by atoms with E-state index in [0.717, 1.165) is 34.0 Å². The Bertz CT molecular complexity index is 891. The Morgan fingerprint density at radius 2 is 1.79 bits per heavy atom. The number of aromatic nitrogens is 1. The van der Waals surface area contributed by atoms with Crippen molar-refractivity contribution < 1.29 is 4.79 Å². The number of carbonyl (C=O) groups is 1. The number of benzene rings is 2. The number of hydrogen-bond donors (Lipinski definition) is 2. The lowest BCUT2D eigenvalue weighted by atomic mass is 10.1. The lowest BCUT2D eigenvalue weighted by Crippen LogP contribution is -2.21. The number of rotatable bonds is 9. The smallest absolute Gasteiger partial charge is 0.245 e. The first-order valence-corrected chi connectivity index (χ1v) is 10.6. The van der Waals surface area contributed by atoms with Crippen molar-refractivity contribution in [2.45, 2.75) is 32.6 Å². The highest BCUT2D eigenvalue weighted by Crippen LogP contribution is 2.22. The van der Waals surface area contributed by atoms with Gasteiger partial charge in [-0.05, 0) is 48.2 Å². The summed E-state index contributed by atoms with van der Waals surface area (Å²) in [4.78, 5) is 17.6. The molecule has 3 aromatic rings. The van der Waals surface area contributed by atoms with E-state index in [2.05, 4.69) is 34.7 Å². The van der Waals surface area contributed by atoms with Crippen molar-refractivity contribution in [3.8, 4) is 0 Å². The minimum absolute atomic E-state index is 0.109. The van der Waals surface area contributed by atoms with Crippen molar-refractivity contribution in [1.29, 1.82) is 0 Å². The van der Waals surface area contributed by atoms with Gasteiger partial charge >= 0.3 is 0 Å². The molecule has 0 saturated heterocycles. The van der Waals surface area contributed by atoms with E-state index in [1.807, 2.05) is 36.4 Å². The van der Waals surface area contributed by atoms with Gasteiger partial charge in [-0.1, -0.05) is 49.2 Å². The van der Waals surface area contributed by atoms with Crippen LogP contribution in [0.2, 0.25) is 5.02 Å². The van der Waals surface area contributed by atoms with Crippen molar-refractivity contribution in [3.63, 3.8) is 0 Å². The Labute approximate surface area is 175 Å². The van der Waals surface area contributed by atoms with Crippen LogP contribution in [0.25, 0.3) is 0 Å². The highest BCUT2D eigenvalue weighted by Gasteiger charge is 2.07. The first-order valence-electron chi connectivity index (χ1n) is 9.44. The molecule has 4 nitrogen and oxygen atoms in total. The van der Waals surface area contributed by atoms with E-state index >= 15 is 0 Å². The zero-order chi connectivity index (χ0) is 19.8. The van der Waals surface area contributed by atoms with Gasteiger partial charge in [0.05, 0.1) is 6.54 Å². The molecule has 1 heterocycles. The van der Waals surface area contributed by atoms with Crippen molar-refractivity contribution in [2.24, 2.45) is 0 Å². The lowest BCUT2D eigenvalue weighted by molar-refractivity contribution is -0.114. The summed E-state index contributed by atoms with van der Waals surface area (Å²) in [7, 11) is 0. The highest BCUT2D eigenvalue weighted by atomic mass is 35.5. The molecular formula is C22H24ClN3OS. The summed E-state index contributed by atoms with van der Waals surface area (Å²) in [6.07, 6.45) is 6.06. The topological polar surface area (TPSA) is 54.0 Å². The molecule has 28 heavy (non-hydrogen) atoms. The summed E-state index contributed by atoms with van der Waals surface area (Å²) in [5.74, 6) is -0.109. The lowest BCUT2D eigenvalue weighted by Gasteiger charge is -2.07. The fourth-order valence-electron chi connectivity index (χ4n) is 2.77. The maximum Gasteiger partial charge on any atom is 0.245 e. The van der Waals surface area contributed by atoms with Crippen molar-refractivity contribution in [2.75, 3.05) is 17.2 Å². The van der Waals surface area contributed by atoms with E-state index in [4.69, 9.17) is 11.6 Å². The summed E-state index contributed by atoms with van der Waals surface area (Å²) in [6, 6.07) is 16.0. The van der Waals surface area contributed by atoms with Gasteiger partial charge in [-0.25, -0.2) is 4.98 Å². The van der Waals surface area contributed by atoms with Gasteiger partial charge in [0, 0.05) is 28.2 Å². The first-order chi connectivity index (χ1) is 13.6. The summed E-state index contributed by atoms with van der Waals surface area (Å²) in [6.45, 7) is 2.40. The van der Waals surface area contributed by atoms with Crippen LogP contribution >= 0.6 is 22.9 Å². The van der Waals surface area contributed by atoms with E-state index in [-0.39, 0.29) is 12.5 Å². The molecule has 6 heteroatoms. The number of aryl methyl sites for hydroxylation is 1. The van der Waals surface area contributed by atoms with Gasteiger partial charge < -0.3 is 10.6 Å². The fraction of sp³-hybridized carbons (Fsp3) is 0.273. The van der Waals surface area contributed by atoms with Gasteiger partial charge in [0.25, 0.3) is 0 Å². The fourth-order valence-corrected chi connectivity index (χ4v) is 3.76. The minimum Gasteiger partial charge on any atom is -0.376 e. The van der Waals surface area contributed by atoms with Gasteiger partial charge in [-0.3, -0.25) is 4.79 Å². The van der Waals surface area contributed by atoms with Gasteiger partial charge in [0.1, 0.15) is 0 Å². The summed E-state index contributed by atoms with van der Waals surface area (Å²) in [5, 5.41) is 7.35. The van der Waals surface area contributed by atoms with Crippen LogP contribution in [-0.4, -0.2) is 17.4 Å². The Morgan fingerprint density at radius 3 is 2.50 bits per heavy atom. The van der Waals surface area contributed by atoms with Crippen molar-refractivity contribution in [3.05, 3.63) is 75.8 Å². The molecule has 0 spiro atoms. The molecule has 0 aliphatic carbocycles. The van der Waals surface area contributed by atoms with Crippen LogP contribution in [0.3, 0.4) is 0 Å². The maximum absolute atomic E-state index is 12.2. The molecule has 3 rings (SSSR count). The Hall–Kier alpha value is -2.37. The second kappa shape index (κ2) is 10.2. The molecule has 0 aliphatic rings. The molecule has 1 aromatic heterocycles. The molecule has 2 aromatic carbocycles. The average molecular weight is 414 g/mol. The zero-order valence-electron chi connectivity index (χ0n) is 15.9. The zero-order valence-corrected chi connectivity index (χ0v) is 17.4. The summed E-state index contributed by atoms with van der Waals surface area (Å²) >= 11 is 7.40. The number of thiazole rings is 1. The van der Waals surface area contributed by atoms with Gasteiger partial charge in [-0.15, -0.1) is 11.3 Å². The predicted octanol–water partition coefficient (Wildman–Crippen LogP) is 5.78. The first kappa shape index (κ1) is 20.4. The molecule has 0 aliphatic heterocycles. The molecule has 2 N–H and O–H groups in total. The van der Waals surface area contributed by atoms with Crippen LogP contribution in [-0.2, 0) is 17.6 Å². The number of nitrogens with zero attached hydrogens (tertiary/aromatic N) is 1. The van der Waals surface area contributed by atoms with Crippen LogP contribution < -0.4 is 10.6 Å².